The van der Waals surface area contributed by atoms with E-state index in [2.05, 4.69) is 20.9 Å². The number of aryl methyl sites for hydroxylation is 1. The summed E-state index contributed by atoms with van der Waals surface area (Å²) in [5.74, 6) is -0.527. The third-order valence-corrected chi connectivity index (χ3v) is 2.03. The molecule has 1 aromatic heterocycles. The van der Waals surface area contributed by atoms with Crippen LogP contribution in [0.1, 0.15) is 23.2 Å². The molecule has 0 saturated carbocycles. The molecule has 0 aromatic carbocycles. The van der Waals surface area contributed by atoms with Crippen LogP contribution < -0.4 is 5.11 Å². The van der Waals surface area contributed by atoms with Crippen molar-refractivity contribution in [1.29, 1.82) is 0 Å². The number of imidazole rings is 1. The minimum Gasteiger partial charge on any atom is -0.543 e. The summed E-state index contributed by atoms with van der Waals surface area (Å²) in [7, 11) is 0. The van der Waals surface area contributed by atoms with Gasteiger partial charge in [-0.05, 0) is 6.92 Å². The molecule has 4 nitrogen and oxygen atoms in total. The first-order valence-corrected chi connectivity index (χ1v) is 4.64. The first-order valence-electron chi connectivity index (χ1n) is 3.52. The van der Waals surface area contributed by atoms with Gasteiger partial charge in [0.1, 0.15) is 11.5 Å². The fourth-order valence-electron chi connectivity index (χ4n) is 0.933. The molecular formula is C7H8BrN2O2-. The maximum Gasteiger partial charge on any atom is 0.120 e. The van der Waals surface area contributed by atoms with E-state index < -0.39 is 5.97 Å². The lowest BCUT2D eigenvalue weighted by Gasteiger charge is -1.98. The SMILES string of the molecule is CCn1cc(C(=O)[O-])nc1CBr. The lowest BCUT2D eigenvalue weighted by atomic mass is 10.5. The van der Waals surface area contributed by atoms with Crippen LogP contribution in [0.15, 0.2) is 6.20 Å². The number of carbonyl (C=O) groups excluding carboxylic acids is 1. The molecule has 0 atom stereocenters. The van der Waals surface area contributed by atoms with Crippen LogP contribution in [0.4, 0.5) is 0 Å². The number of alkyl halides is 1. The van der Waals surface area contributed by atoms with Crippen LogP contribution in [0.3, 0.4) is 0 Å². The number of carboxylic acids is 1. The number of aromatic nitrogens is 2. The Morgan fingerprint density at radius 2 is 2.50 bits per heavy atom. The number of carbonyl (C=O) groups is 1. The van der Waals surface area contributed by atoms with Gasteiger partial charge in [-0.1, -0.05) is 15.9 Å². The molecule has 0 unspecified atom stereocenters. The molecule has 0 aliphatic rings. The summed E-state index contributed by atoms with van der Waals surface area (Å²) in [5, 5.41) is 10.9. The van der Waals surface area contributed by atoms with Gasteiger partial charge >= 0.3 is 0 Å². The van der Waals surface area contributed by atoms with Gasteiger partial charge in [0.05, 0.1) is 11.3 Å². The van der Waals surface area contributed by atoms with Crippen molar-refractivity contribution in [3.05, 3.63) is 17.7 Å². The summed E-state index contributed by atoms with van der Waals surface area (Å²) in [6, 6.07) is 0. The van der Waals surface area contributed by atoms with Gasteiger partial charge in [-0.25, -0.2) is 4.98 Å². The van der Waals surface area contributed by atoms with E-state index >= 15 is 0 Å². The number of aromatic carboxylic acids is 1. The van der Waals surface area contributed by atoms with E-state index in [1.54, 1.807) is 4.57 Å². The third kappa shape index (κ3) is 1.66. The van der Waals surface area contributed by atoms with Crippen LogP contribution in [0.5, 0.6) is 0 Å². The maximum atomic E-state index is 10.4. The van der Waals surface area contributed by atoms with E-state index in [0.717, 1.165) is 0 Å². The van der Waals surface area contributed by atoms with Gasteiger partial charge in [-0.3, -0.25) is 0 Å². The standard InChI is InChI=1S/C7H9BrN2O2/c1-2-10-4-5(7(11)12)9-6(10)3-8/h4H,2-3H2,1H3,(H,11,12)/p-1. The van der Waals surface area contributed by atoms with Crippen molar-refractivity contribution in [3.63, 3.8) is 0 Å². The molecule has 0 N–H and O–H groups in total. The highest BCUT2D eigenvalue weighted by Crippen LogP contribution is 2.06. The molecule has 0 spiro atoms. The van der Waals surface area contributed by atoms with Gasteiger partial charge in [0.2, 0.25) is 0 Å². The Kier molecular flexibility index (Phi) is 2.86. The Bertz CT molecular complexity index is 274. The Balaban J connectivity index is 3.05. The predicted molar refractivity (Wildman–Crippen MR) is 44.9 cm³/mol. The number of hydrogen-bond donors (Lipinski definition) is 0. The summed E-state index contributed by atoms with van der Waals surface area (Å²) in [6.45, 7) is 2.63. The van der Waals surface area contributed by atoms with Crippen molar-refractivity contribution in [2.45, 2.75) is 18.8 Å². The minimum absolute atomic E-state index is 0.00806. The Morgan fingerprint density at radius 1 is 1.83 bits per heavy atom. The van der Waals surface area contributed by atoms with Gasteiger partial charge in [0.25, 0.3) is 0 Å². The number of hydrogen-bond acceptors (Lipinski definition) is 3. The largest absolute Gasteiger partial charge is 0.543 e. The van der Waals surface area contributed by atoms with Gasteiger partial charge in [-0.2, -0.15) is 0 Å². The second kappa shape index (κ2) is 3.71. The molecule has 0 fully saturated rings. The van der Waals surface area contributed by atoms with Crippen molar-refractivity contribution in [2.24, 2.45) is 0 Å². The van der Waals surface area contributed by atoms with Gasteiger partial charge in [0, 0.05) is 12.7 Å². The average molecular weight is 232 g/mol. The van der Waals surface area contributed by atoms with E-state index in [4.69, 9.17) is 0 Å². The molecule has 0 saturated heterocycles. The normalized spacial score (nSPS) is 10.2. The molecule has 66 valence electrons. The molecule has 1 rings (SSSR count). The minimum atomic E-state index is -1.23. The van der Waals surface area contributed by atoms with Gasteiger partial charge < -0.3 is 14.5 Å². The van der Waals surface area contributed by atoms with Crippen molar-refractivity contribution >= 4 is 21.9 Å². The number of carboxylic acid groups (broad SMARTS) is 1. The van der Waals surface area contributed by atoms with Crippen LogP contribution in [0.25, 0.3) is 0 Å². The average Bonchev–Trinajstić information content (AvgIpc) is 2.46. The van der Waals surface area contributed by atoms with Crippen molar-refractivity contribution in [1.82, 2.24) is 9.55 Å². The molecule has 1 aromatic rings. The summed E-state index contributed by atoms with van der Waals surface area (Å²) in [6.07, 6.45) is 1.48. The highest BCUT2D eigenvalue weighted by Gasteiger charge is 2.05. The van der Waals surface area contributed by atoms with Crippen molar-refractivity contribution in [3.8, 4) is 0 Å². The van der Waals surface area contributed by atoms with E-state index in [-0.39, 0.29) is 5.69 Å². The highest BCUT2D eigenvalue weighted by molar-refractivity contribution is 9.08. The molecule has 0 aliphatic heterocycles. The van der Waals surface area contributed by atoms with Crippen LogP contribution in [0, 0.1) is 0 Å². The molecule has 0 radical (unpaired) electrons. The van der Waals surface area contributed by atoms with Gasteiger partial charge in [0.15, 0.2) is 0 Å². The first-order chi connectivity index (χ1) is 5.69. The zero-order chi connectivity index (χ0) is 9.14. The summed E-state index contributed by atoms with van der Waals surface area (Å²) >= 11 is 3.21. The van der Waals surface area contributed by atoms with E-state index in [0.29, 0.717) is 17.7 Å². The summed E-state index contributed by atoms with van der Waals surface area (Å²) in [5.41, 5.74) is -0.00806. The monoisotopic (exact) mass is 231 g/mol. The Hall–Kier alpha value is -0.840. The Morgan fingerprint density at radius 3 is 2.83 bits per heavy atom. The molecule has 0 bridgehead atoms. The lowest BCUT2D eigenvalue weighted by Crippen LogP contribution is -2.22. The zero-order valence-corrected chi connectivity index (χ0v) is 8.17. The predicted octanol–water partition coefficient (Wildman–Crippen LogP) is 0.161. The van der Waals surface area contributed by atoms with Gasteiger partial charge in [-0.15, -0.1) is 0 Å². The number of nitrogens with zero attached hydrogens (tertiary/aromatic N) is 2. The summed E-state index contributed by atoms with van der Waals surface area (Å²) < 4.78 is 1.76. The van der Waals surface area contributed by atoms with Crippen molar-refractivity contribution < 1.29 is 9.90 Å². The molecule has 5 heteroatoms. The molecule has 0 aliphatic carbocycles. The first kappa shape index (κ1) is 9.25. The third-order valence-electron chi connectivity index (χ3n) is 1.53. The fourth-order valence-corrected chi connectivity index (χ4v) is 1.38. The van der Waals surface area contributed by atoms with Crippen molar-refractivity contribution in [2.75, 3.05) is 0 Å². The number of rotatable bonds is 3. The second-order valence-electron chi connectivity index (χ2n) is 2.25. The smallest absolute Gasteiger partial charge is 0.120 e. The fraction of sp³-hybridized carbons (Fsp3) is 0.429. The zero-order valence-electron chi connectivity index (χ0n) is 6.58. The van der Waals surface area contributed by atoms with E-state index in [1.807, 2.05) is 6.92 Å². The number of halogens is 1. The quantitative estimate of drug-likeness (QED) is 0.697. The maximum absolute atomic E-state index is 10.4. The molecular weight excluding hydrogens is 224 g/mol. The molecule has 0 amide bonds. The highest BCUT2D eigenvalue weighted by atomic mass is 79.9. The van der Waals surface area contributed by atoms with Crippen LogP contribution in [-0.4, -0.2) is 15.5 Å². The lowest BCUT2D eigenvalue weighted by molar-refractivity contribution is -0.255. The molecule has 12 heavy (non-hydrogen) atoms. The Labute approximate surface area is 78.4 Å². The topological polar surface area (TPSA) is 58.0 Å². The van der Waals surface area contributed by atoms with Crippen LogP contribution in [-0.2, 0) is 11.9 Å². The van der Waals surface area contributed by atoms with E-state index in [1.165, 1.54) is 6.20 Å². The van der Waals surface area contributed by atoms with Crippen LogP contribution >= 0.6 is 15.9 Å². The molecule has 1 heterocycles. The summed E-state index contributed by atoms with van der Waals surface area (Å²) in [4.78, 5) is 14.2. The van der Waals surface area contributed by atoms with Crippen LogP contribution in [0.2, 0.25) is 0 Å². The second-order valence-corrected chi connectivity index (χ2v) is 2.81. The van der Waals surface area contributed by atoms with E-state index in [9.17, 15) is 9.90 Å².